The average Bonchev–Trinajstić information content (AvgIpc) is 3.35. The van der Waals surface area contributed by atoms with Gasteiger partial charge in [0.05, 0.1) is 5.69 Å². The Morgan fingerprint density at radius 1 is 1.20 bits per heavy atom. The molecule has 8 heteroatoms. The Labute approximate surface area is 175 Å². The van der Waals surface area contributed by atoms with Crippen molar-refractivity contribution in [2.45, 2.75) is 69.6 Å². The lowest BCUT2D eigenvalue weighted by atomic mass is 9.79. The Bertz CT molecular complexity index is 878. The molecule has 1 aromatic carbocycles. The van der Waals surface area contributed by atoms with E-state index in [2.05, 4.69) is 27.8 Å². The molecule has 0 aliphatic heterocycles. The van der Waals surface area contributed by atoms with E-state index in [1.165, 1.54) is 0 Å². The molecular weight excluding hydrogens is 384 g/mol. The molecule has 1 aromatic heterocycles. The molecule has 0 spiro atoms. The molecule has 1 unspecified atom stereocenters. The summed E-state index contributed by atoms with van der Waals surface area (Å²) in [6.07, 6.45) is 4.61. The molecule has 4 rings (SSSR count). The van der Waals surface area contributed by atoms with Gasteiger partial charge in [0.2, 0.25) is 0 Å². The van der Waals surface area contributed by atoms with E-state index in [1.54, 1.807) is 0 Å². The number of rotatable bonds is 6. The molecule has 30 heavy (non-hydrogen) atoms. The lowest BCUT2D eigenvalue weighted by Crippen LogP contribution is -2.51. The van der Waals surface area contributed by atoms with Gasteiger partial charge in [-0.3, -0.25) is 10.4 Å². The van der Waals surface area contributed by atoms with Crippen LogP contribution in [0.15, 0.2) is 36.4 Å². The van der Waals surface area contributed by atoms with Gasteiger partial charge in [-0.1, -0.05) is 30.3 Å². The fraction of sp³-hybridized carbons (Fsp3) is 0.500. The van der Waals surface area contributed by atoms with Gasteiger partial charge in [-0.05, 0) is 51.0 Å². The highest BCUT2D eigenvalue weighted by molar-refractivity contribution is 5.83. The van der Waals surface area contributed by atoms with Crippen LogP contribution in [-0.4, -0.2) is 34.0 Å². The summed E-state index contributed by atoms with van der Waals surface area (Å²) < 4.78 is 10.8. The van der Waals surface area contributed by atoms with Crippen LogP contribution in [-0.2, 0) is 16.1 Å². The van der Waals surface area contributed by atoms with Crippen molar-refractivity contribution >= 4 is 18.0 Å². The average molecular weight is 412 g/mol. The number of hydrogen-bond donors (Lipinski definition) is 3. The van der Waals surface area contributed by atoms with Crippen molar-refractivity contribution in [2.24, 2.45) is 0 Å². The van der Waals surface area contributed by atoms with Gasteiger partial charge in [0.15, 0.2) is 0 Å². The first-order valence-electron chi connectivity index (χ1n) is 10.5. The third-order valence-corrected chi connectivity index (χ3v) is 5.98. The molecule has 0 bridgehead atoms. The fourth-order valence-corrected chi connectivity index (χ4v) is 4.05. The van der Waals surface area contributed by atoms with Crippen molar-refractivity contribution in [3.63, 3.8) is 0 Å². The van der Waals surface area contributed by atoms with Crippen molar-refractivity contribution in [2.75, 3.05) is 5.32 Å². The zero-order valence-corrected chi connectivity index (χ0v) is 17.1. The van der Waals surface area contributed by atoms with E-state index in [0.717, 1.165) is 49.8 Å². The molecule has 2 saturated carbocycles. The number of carbonyl (C=O) groups excluding carboxylic acids is 2. The van der Waals surface area contributed by atoms with Gasteiger partial charge in [0.25, 0.3) is 0 Å². The highest BCUT2D eigenvalue weighted by atomic mass is 16.6. The number of nitrogens with zero attached hydrogens (tertiary/aromatic N) is 1. The maximum atomic E-state index is 12.1. The van der Waals surface area contributed by atoms with E-state index in [-0.39, 0.29) is 30.3 Å². The van der Waals surface area contributed by atoms with Gasteiger partial charge in [-0.2, -0.15) is 5.10 Å². The number of carbonyl (C=O) groups is 2. The van der Waals surface area contributed by atoms with Crippen molar-refractivity contribution in [1.29, 1.82) is 0 Å². The first-order chi connectivity index (χ1) is 14.5. The highest BCUT2D eigenvalue weighted by Crippen LogP contribution is 2.36. The predicted octanol–water partition coefficient (Wildman–Crippen LogP) is 4.46. The second-order valence-electron chi connectivity index (χ2n) is 8.47. The van der Waals surface area contributed by atoms with Gasteiger partial charge < -0.3 is 14.8 Å². The normalized spacial score (nSPS) is 22.0. The van der Waals surface area contributed by atoms with Crippen molar-refractivity contribution in [3.8, 4) is 0 Å². The predicted molar refractivity (Wildman–Crippen MR) is 111 cm³/mol. The standard InChI is InChI=1S/C22H28N4O4/c1-22(10-5-11-22)24-21(28)30-17-9-8-16(12-17)18-13-19(26-25-18)23-20(27)29-14-15-6-3-2-4-7-15/h2-4,6-7,13,16-17H,5,8-12,14H2,1H3,(H,24,28)(H2,23,25,26,27)/t16-,17?/m0/s1. The Morgan fingerprint density at radius 3 is 2.73 bits per heavy atom. The molecule has 8 nitrogen and oxygen atoms in total. The van der Waals surface area contributed by atoms with Crippen molar-refractivity contribution in [3.05, 3.63) is 47.7 Å². The summed E-state index contributed by atoms with van der Waals surface area (Å²) in [5.41, 5.74) is 1.67. The van der Waals surface area contributed by atoms with Gasteiger partial charge in [0, 0.05) is 17.5 Å². The molecule has 2 atom stereocenters. The Morgan fingerprint density at radius 2 is 2.00 bits per heavy atom. The third-order valence-electron chi connectivity index (χ3n) is 5.98. The van der Waals surface area contributed by atoms with Crippen LogP contribution < -0.4 is 10.6 Å². The molecule has 2 fully saturated rings. The topological polar surface area (TPSA) is 105 Å². The van der Waals surface area contributed by atoms with E-state index in [9.17, 15) is 9.59 Å². The van der Waals surface area contributed by atoms with Crippen molar-refractivity contribution < 1.29 is 19.1 Å². The number of amides is 2. The number of aromatic nitrogens is 2. The minimum Gasteiger partial charge on any atom is -0.446 e. The Balaban J connectivity index is 1.22. The van der Waals surface area contributed by atoms with E-state index in [1.807, 2.05) is 36.4 Å². The SMILES string of the molecule is CC1(NC(=O)OC2CC[C@H](c3cc(NC(=O)OCc4ccccc4)[nH]n3)C2)CCC1. The summed E-state index contributed by atoms with van der Waals surface area (Å²) in [7, 11) is 0. The van der Waals surface area contributed by atoms with Crippen molar-refractivity contribution in [1.82, 2.24) is 15.5 Å². The number of nitrogens with one attached hydrogen (secondary N) is 3. The van der Waals surface area contributed by atoms with E-state index in [0.29, 0.717) is 5.82 Å². The van der Waals surface area contributed by atoms with Crippen LogP contribution in [0.1, 0.15) is 62.6 Å². The van der Waals surface area contributed by atoms with Gasteiger partial charge in [0.1, 0.15) is 18.5 Å². The fourth-order valence-electron chi connectivity index (χ4n) is 4.05. The number of ether oxygens (including phenoxy) is 2. The zero-order chi connectivity index (χ0) is 21.0. The Kier molecular flexibility index (Phi) is 5.92. The third kappa shape index (κ3) is 5.11. The summed E-state index contributed by atoms with van der Waals surface area (Å²) in [6.45, 7) is 2.26. The summed E-state index contributed by atoms with van der Waals surface area (Å²) >= 11 is 0. The van der Waals surface area contributed by atoms with Crippen LogP contribution in [0.5, 0.6) is 0 Å². The monoisotopic (exact) mass is 412 g/mol. The highest BCUT2D eigenvalue weighted by Gasteiger charge is 2.36. The van der Waals surface area contributed by atoms with Crippen LogP contribution in [0.2, 0.25) is 0 Å². The lowest BCUT2D eigenvalue weighted by molar-refractivity contribution is 0.0813. The van der Waals surface area contributed by atoms with Crippen LogP contribution >= 0.6 is 0 Å². The zero-order valence-electron chi connectivity index (χ0n) is 17.1. The second-order valence-corrected chi connectivity index (χ2v) is 8.47. The van der Waals surface area contributed by atoms with E-state index >= 15 is 0 Å². The number of aromatic amines is 1. The first-order valence-corrected chi connectivity index (χ1v) is 10.5. The Hall–Kier alpha value is -3.03. The molecule has 2 aliphatic rings. The van der Waals surface area contributed by atoms with Crippen LogP contribution in [0.4, 0.5) is 15.4 Å². The summed E-state index contributed by atoms with van der Waals surface area (Å²) in [6, 6.07) is 11.3. The molecule has 160 valence electrons. The molecule has 2 amide bonds. The number of benzene rings is 1. The summed E-state index contributed by atoms with van der Waals surface area (Å²) in [5.74, 6) is 0.678. The maximum Gasteiger partial charge on any atom is 0.413 e. The molecule has 0 saturated heterocycles. The first kappa shape index (κ1) is 20.3. The van der Waals surface area contributed by atoms with Gasteiger partial charge in [-0.25, -0.2) is 9.59 Å². The van der Waals surface area contributed by atoms with Crippen LogP contribution in [0, 0.1) is 0 Å². The molecule has 2 aromatic rings. The quantitative estimate of drug-likeness (QED) is 0.649. The summed E-state index contributed by atoms with van der Waals surface area (Å²) in [4.78, 5) is 24.1. The summed E-state index contributed by atoms with van der Waals surface area (Å²) in [5, 5.41) is 12.8. The molecular formula is C22H28N4O4. The molecule has 1 heterocycles. The lowest BCUT2D eigenvalue weighted by Gasteiger charge is -2.38. The van der Waals surface area contributed by atoms with Crippen LogP contribution in [0.25, 0.3) is 0 Å². The number of hydrogen-bond acceptors (Lipinski definition) is 5. The minimum absolute atomic E-state index is 0.104. The van der Waals surface area contributed by atoms with E-state index < -0.39 is 6.09 Å². The number of H-pyrrole nitrogens is 1. The maximum absolute atomic E-state index is 12.1. The number of anilines is 1. The molecule has 3 N–H and O–H groups in total. The second kappa shape index (κ2) is 8.77. The molecule has 2 aliphatic carbocycles. The smallest absolute Gasteiger partial charge is 0.413 e. The van der Waals surface area contributed by atoms with Gasteiger partial charge >= 0.3 is 12.2 Å². The largest absolute Gasteiger partial charge is 0.446 e. The minimum atomic E-state index is -0.539. The van der Waals surface area contributed by atoms with E-state index in [4.69, 9.17) is 9.47 Å². The number of alkyl carbamates (subject to hydrolysis) is 1. The van der Waals surface area contributed by atoms with Gasteiger partial charge in [-0.15, -0.1) is 0 Å². The van der Waals surface area contributed by atoms with Crippen LogP contribution in [0.3, 0.4) is 0 Å². The molecule has 0 radical (unpaired) electrons.